The average molecular weight is 279 g/mol. The molecule has 0 aromatic heterocycles. The monoisotopic (exact) mass is 279 g/mol. The van der Waals surface area contributed by atoms with Crippen molar-refractivity contribution >= 4 is 17.7 Å². The van der Waals surface area contributed by atoms with E-state index in [0.29, 0.717) is 11.7 Å². The summed E-state index contributed by atoms with van der Waals surface area (Å²) < 4.78 is 5.01. The number of rotatable bonds is 6. The van der Waals surface area contributed by atoms with E-state index < -0.39 is 5.54 Å². The van der Waals surface area contributed by atoms with Gasteiger partial charge in [0.1, 0.15) is 5.54 Å². The fourth-order valence-electron chi connectivity index (χ4n) is 2.38. The molecule has 1 atom stereocenters. The second-order valence-electron chi connectivity index (χ2n) is 5.09. The Labute approximate surface area is 119 Å². The van der Waals surface area contributed by atoms with E-state index >= 15 is 0 Å². The molecule has 1 N–H and O–H groups in total. The Kier molecular flexibility index (Phi) is 4.53. The molecular formula is C15H21NO2S. The van der Waals surface area contributed by atoms with Crippen LogP contribution in [0.25, 0.3) is 0 Å². The number of carbonyl (C=O) groups is 1. The van der Waals surface area contributed by atoms with Crippen molar-refractivity contribution in [1.29, 1.82) is 0 Å². The van der Waals surface area contributed by atoms with Crippen molar-refractivity contribution in [3.63, 3.8) is 0 Å². The SMILES string of the molecule is CNC(CSc1cccc(C)c1)(C(=O)OC)C1CC1. The van der Waals surface area contributed by atoms with E-state index in [0.717, 1.165) is 12.8 Å². The van der Waals surface area contributed by atoms with Gasteiger partial charge in [0.15, 0.2) is 0 Å². The van der Waals surface area contributed by atoms with Gasteiger partial charge in [-0.05, 0) is 44.9 Å². The zero-order chi connectivity index (χ0) is 13.9. The summed E-state index contributed by atoms with van der Waals surface area (Å²) in [7, 11) is 3.32. The molecule has 1 unspecified atom stereocenters. The summed E-state index contributed by atoms with van der Waals surface area (Å²) in [6.07, 6.45) is 2.20. The molecule has 0 radical (unpaired) electrons. The maximum Gasteiger partial charge on any atom is 0.327 e. The topological polar surface area (TPSA) is 38.3 Å². The number of hydrogen-bond donors (Lipinski definition) is 1. The highest BCUT2D eigenvalue weighted by Crippen LogP contribution is 2.43. The maximum absolute atomic E-state index is 12.1. The van der Waals surface area contributed by atoms with Crippen molar-refractivity contribution in [3.05, 3.63) is 29.8 Å². The summed E-state index contributed by atoms with van der Waals surface area (Å²) in [5.74, 6) is 0.976. The number of benzene rings is 1. The van der Waals surface area contributed by atoms with Crippen LogP contribution in [0.3, 0.4) is 0 Å². The van der Waals surface area contributed by atoms with Gasteiger partial charge in [0.25, 0.3) is 0 Å². The van der Waals surface area contributed by atoms with E-state index in [2.05, 4.69) is 30.4 Å². The normalized spacial score (nSPS) is 17.8. The Morgan fingerprint density at radius 3 is 2.79 bits per heavy atom. The summed E-state index contributed by atoms with van der Waals surface area (Å²) in [5.41, 5.74) is 0.702. The molecule has 19 heavy (non-hydrogen) atoms. The predicted molar refractivity (Wildman–Crippen MR) is 78.4 cm³/mol. The second kappa shape index (κ2) is 5.97. The summed E-state index contributed by atoms with van der Waals surface area (Å²) in [6.45, 7) is 2.08. The number of thioether (sulfide) groups is 1. The van der Waals surface area contributed by atoms with Crippen LogP contribution < -0.4 is 5.32 Å². The van der Waals surface area contributed by atoms with Crippen LogP contribution in [-0.2, 0) is 9.53 Å². The number of methoxy groups -OCH3 is 1. The van der Waals surface area contributed by atoms with E-state index in [-0.39, 0.29) is 5.97 Å². The van der Waals surface area contributed by atoms with E-state index in [9.17, 15) is 4.79 Å². The molecule has 4 heteroatoms. The van der Waals surface area contributed by atoms with Crippen LogP contribution in [0.4, 0.5) is 0 Å². The van der Waals surface area contributed by atoms with Crippen molar-refractivity contribution in [3.8, 4) is 0 Å². The first-order chi connectivity index (χ1) is 9.12. The molecule has 1 fully saturated rings. The fraction of sp³-hybridized carbons (Fsp3) is 0.533. The number of likely N-dealkylation sites (N-methyl/N-ethyl adjacent to an activating group) is 1. The van der Waals surface area contributed by atoms with Crippen LogP contribution in [0.5, 0.6) is 0 Å². The molecule has 3 nitrogen and oxygen atoms in total. The Hall–Kier alpha value is -1.00. The third kappa shape index (κ3) is 3.12. The molecular weight excluding hydrogens is 258 g/mol. The Morgan fingerprint density at radius 2 is 2.26 bits per heavy atom. The third-order valence-corrected chi connectivity index (χ3v) is 4.91. The molecule has 0 amide bonds. The zero-order valence-electron chi connectivity index (χ0n) is 11.7. The Morgan fingerprint density at radius 1 is 1.53 bits per heavy atom. The highest BCUT2D eigenvalue weighted by atomic mass is 32.2. The van der Waals surface area contributed by atoms with Gasteiger partial charge >= 0.3 is 5.97 Å². The van der Waals surface area contributed by atoms with Gasteiger partial charge in [0, 0.05) is 10.6 Å². The predicted octanol–water partition coefficient (Wildman–Crippen LogP) is 2.63. The second-order valence-corrected chi connectivity index (χ2v) is 6.14. The number of nitrogens with one attached hydrogen (secondary N) is 1. The number of ether oxygens (including phenoxy) is 1. The number of hydrogen-bond acceptors (Lipinski definition) is 4. The summed E-state index contributed by atoms with van der Waals surface area (Å²) >= 11 is 1.71. The van der Waals surface area contributed by atoms with Gasteiger partial charge in [-0.1, -0.05) is 17.7 Å². The Bertz CT molecular complexity index is 459. The molecule has 0 saturated heterocycles. The van der Waals surface area contributed by atoms with E-state index in [1.54, 1.807) is 11.8 Å². The molecule has 0 aliphatic heterocycles. The summed E-state index contributed by atoms with van der Waals surface area (Å²) in [6, 6.07) is 8.36. The summed E-state index contributed by atoms with van der Waals surface area (Å²) in [5, 5.41) is 3.22. The molecule has 1 aromatic rings. The quantitative estimate of drug-likeness (QED) is 0.642. The largest absolute Gasteiger partial charge is 0.468 e. The molecule has 0 spiro atoms. The minimum Gasteiger partial charge on any atom is -0.468 e. The lowest BCUT2D eigenvalue weighted by Crippen LogP contribution is -2.55. The lowest BCUT2D eigenvalue weighted by molar-refractivity contribution is -0.148. The molecule has 1 aliphatic carbocycles. The third-order valence-electron chi connectivity index (χ3n) is 3.73. The van der Waals surface area contributed by atoms with Crippen molar-refractivity contribution in [2.45, 2.75) is 30.2 Å². The van der Waals surface area contributed by atoms with Crippen LogP contribution in [0.2, 0.25) is 0 Å². The van der Waals surface area contributed by atoms with Crippen LogP contribution in [0.15, 0.2) is 29.2 Å². The van der Waals surface area contributed by atoms with Crippen molar-refractivity contribution in [2.75, 3.05) is 19.9 Å². The minimum absolute atomic E-state index is 0.141. The Balaban J connectivity index is 2.10. The first kappa shape index (κ1) is 14.4. The molecule has 0 heterocycles. The van der Waals surface area contributed by atoms with Gasteiger partial charge < -0.3 is 10.1 Å². The van der Waals surface area contributed by atoms with Crippen LogP contribution in [0, 0.1) is 12.8 Å². The van der Waals surface area contributed by atoms with Crippen LogP contribution >= 0.6 is 11.8 Å². The van der Waals surface area contributed by atoms with Crippen molar-refractivity contribution in [1.82, 2.24) is 5.32 Å². The molecule has 2 rings (SSSR count). The standard InChI is InChI=1S/C15H21NO2S/c1-11-5-4-6-13(9-11)19-10-15(16-2,12-7-8-12)14(17)18-3/h4-6,9,12,16H,7-8,10H2,1-3H3. The smallest absolute Gasteiger partial charge is 0.327 e. The molecule has 1 saturated carbocycles. The highest BCUT2D eigenvalue weighted by molar-refractivity contribution is 7.99. The van der Waals surface area contributed by atoms with Crippen LogP contribution in [0.1, 0.15) is 18.4 Å². The zero-order valence-corrected chi connectivity index (χ0v) is 12.5. The lowest BCUT2D eigenvalue weighted by Gasteiger charge is -2.30. The van der Waals surface area contributed by atoms with Gasteiger partial charge in [-0.3, -0.25) is 4.79 Å². The molecule has 1 aliphatic rings. The van der Waals surface area contributed by atoms with E-state index in [1.807, 2.05) is 13.1 Å². The molecule has 0 bridgehead atoms. The first-order valence-corrected chi connectivity index (χ1v) is 7.57. The van der Waals surface area contributed by atoms with Gasteiger partial charge in [-0.15, -0.1) is 11.8 Å². The van der Waals surface area contributed by atoms with Crippen molar-refractivity contribution < 1.29 is 9.53 Å². The van der Waals surface area contributed by atoms with Crippen molar-refractivity contribution in [2.24, 2.45) is 5.92 Å². The highest BCUT2D eigenvalue weighted by Gasteiger charge is 2.50. The molecule has 104 valence electrons. The molecule has 1 aromatic carbocycles. The van der Waals surface area contributed by atoms with Gasteiger partial charge in [-0.25, -0.2) is 0 Å². The van der Waals surface area contributed by atoms with Gasteiger partial charge in [-0.2, -0.15) is 0 Å². The number of carbonyl (C=O) groups excluding carboxylic acids is 1. The van der Waals surface area contributed by atoms with Crippen LogP contribution in [-0.4, -0.2) is 31.4 Å². The van der Waals surface area contributed by atoms with E-state index in [4.69, 9.17) is 4.74 Å². The number of aryl methyl sites for hydroxylation is 1. The summed E-state index contributed by atoms with van der Waals surface area (Å²) in [4.78, 5) is 13.3. The first-order valence-electron chi connectivity index (χ1n) is 6.59. The average Bonchev–Trinajstić information content (AvgIpc) is 3.24. The van der Waals surface area contributed by atoms with Gasteiger partial charge in [0.2, 0.25) is 0 Å². The maximum atomic E-state index is 12.1. The minimum atomic E-state index is -0.539. The van der Waals surface area contributed by atoms with E-state index in [1.165, 1.54) is 17.6 Å². The van der Waals surface area contributed by atoms with Gasteiger partial charge in [0.05, 0.1) is 7.11 Å². The number of esters is 1. The lowest BCUT2D eigenvalue weighted by atomic mass is 9.96. The fourth-order valence-corrected chi connectivity index (χ4v) is 3.72.